The average Bonchev–Trinajstić information content (AvgIpc) is 2.98. The smallest absolute Gasteiger partial charge is 0.420 e. The fourth-order valence-corrected chi connectivity index (χ4v) is 5.94. The summed E-state index contributed by atoms with van der Waals surface area (Å²) >= 11 is 0. The predicted molar refractivity (Wildman–Crippen MR) is 154 cm³/mol. The van der Waals surface area contributed by atoms with Gasteiger partial charge in [0, 0.05) is 22.1 Å². The van der Waals surface area contributed by atoms with Crippen LogP contribution >= 0.6 is 0 Å². The van der Waals surface area contributed by atoms with Crippen molar-refractivity contribution in [2.45, 2.75) is 11.8 Å². The van der Waals surface area contributed by atoms with E-state index < -0.39 is 46.1 Å². The quantitative estimate of drug-likeness (QED) is 0.125. The second-order valence-corrected chi connectivity index (χ2v) is 10.3. The van der Waals surface area contributed by atoms with E-state index in [1.165, 1.54) is 24.3 Å². The SMILES string of the molecule is Oc1cc2c3cc(O)c(O)cc3c3c4c(c(C(F)(F)F)cc3c2cc1O)OC(c1ccccc1)(c1ccccc1)C=C4. The molecule has 4 N–H and O–H groups in total. The molecule has 1 aliphatic rings. The molecule has 0 bridgehead atoms. The molecular weight excluding hydrogens is 545 g/mol. The summed E-state index contributed by atoms with van der Waals surface area (Å²) in [7, 11) is 0. The summed E-state index contributed by atoms with van der Waals surface area (Å²) in [6, 6.07) is 23.8. The molecule has 7 rings (SSSR count). The van der Waals surface area contributed by atoms with Crippen LogP contribution in [-0.4, -0.2) is 20.4 Å². The van der Waals surface area contributed by atoms with Gasteiger partial charge in [0.05, 0.1) is 5.56 Å². The topological polar surface area (TPSA) is 90.2 Å². The standard InChI is InChI=1S/C34H21F3O5/c35-34(36,37)26-13-24-22-15-28(39)27(38)14-21(22)23-16-29(40)30(41)17-25(23)31(24)20-11-12-33(42-32(20)26,18-7-3-1-4-8-18)19-9-5-2-6-10-19/h1-17,38-41H. The molecule has 0 saturated heterocycles. The zero-order chi connectivity index (χ0) is 29.4. The first kappa shape index (κ1) is 25.6. The minimum absolute atomic E-state index is 0.115. The molecule has 0 saturated carbocycles. The number of hydrogen-bond donors (Lipinski definition) is 4. The second kappa shape index (κ2) is 8.81. The highest BCUT2D eigenvalue weighted by atomic mass is 19.4. The molecule has 1 aliphatic heterocycles. The molecule has 0 amide bonds. The van der Waals surface area contributed by atoms with Crippen molar-refractivity contribution in [2.24, 2.45) is 0 Å². The molecule has 0 radical (unpaired) electrons. The molecule has 0 fully saturated rings. The number of alkyl halides is 3. The third-order valence-electron chi connectivity index (χ3n) is 7.85. The number of phenolic OH excluding ortho intramolecular Hbond substituents is 4. The minimum atomic E-state index is -4.83. The Morgan fingerprint density at radius 2 is 1.00 bits per heavy atom. The van der Waals surface area contributed by atoms with Crippen molar-refractivity contribution < 1.29 is 38.3 Å². The lowest BCUT2D eigenvalue weighted by Gasteiger charge is -2.37. The first-order valence-electron chi connectivity index (χ1n) is 13.0. The Bertz CT molecular complexity index is 2050. The molecule has 208 valence electrons. The highest BCUT2D eigenvalue weighted by Gasteiger charge is 2.43. The zero-order valence-corrected chi connectivity index (χ0v) is 21.6. The number of phenols is 4. The van der Waals surface area contributed by atoms with Crippen LogP contribution in [0, 0.1) is 0 Å². The number of hydrogen-bond acceptors (Lipinski definition) is 5. The molecule has 0 atom stereocenters. The maximum atomic E-state index is 14.9. The van der Waals surface area contributed by atoms with Gasteiger partial charge in [-0.3, -0.25) is 0 Å². The van der Waals surface area contributed by atoms with E-state index in [2.05, 4.69) is 0 Å². The lowest BCUT2D eigenvalue weighted by molar-refractivity contribution is -0.139. The Morgan fingerprint density at radius 3 is 1.48 bits per heavy atom. The van der Waals surface area contributed by atoms with Gasteiger partial charge in [-0.1, -0.05) is 60.7 Å². The van der Waals surface area contributed by atoms with Crippen LogP contribution in [0.3, 0.4) is 0 Å². The Labute approximate surface area is 236 Å². The molecule has 42 heavy (non-hydrogen) atoms. The Hall–Kier alpha value is -5.37. The maximum absolute atomic E-state index is 14.9. The van der Waals surface area contributed by atoms with Gasteiger partial charge in [-0.05, 0) is 69.4 Å². The van der Waals surface area contributed by atoms with Crippen molar-refractivity contribution in [3.05, 3.63) is 119 Å². The molecule has 0 spiro atoms. The highest BCUT2D eigenvalue weighted by Crippen LogP contribution is 2.53. The van der Waals surface area contributed by atoms with Gasteiger partial charge in [0.15, 0.2) is 28.6 Å². The van der Waals surface area contributed by atoms with E-state index >= 15 is 0 Å². The summed E-state index contributed by atoms with van der Waals surface area (Å²) in [4.78, 5) is 0. The zero-order valence-electron chi connectivity index (χ0n) is 21.6. The fourth-order valence-electron chi connectivity index (χ4n) is 5.94. The van der Waals surface area contributed by atoms with Crippen molar-refractivity contribution in [2.75, 3.05) is 0 Å². The van der Waals surface area contributed by atoms with Crippen LogP contribution < -0.4 is 4.74 Å². The first-order valence-corrected chi connectivity index (χ1v) is 13.0. The van der Waals surface area contributed by atoms with Gasteiger partial charge in [0.25, 0.3) is 0 Å². The summed E-state index contributed by atoms with van der Waals surface area (Å²) < 4.78 is 51.1. The second-order valence-electron chi connectivity index (χ2n) is 10.3. The van der Waals surface area contributed by atoms with Gasteiger partial charge < -0.3 is 25.2 Å². The lowest BCUT2D eigenvalue weighted by Crippen LogP contribution is -2.35. The molecule has 1 heterocycles. The Morgan fingerprint density at radius 1 is 0.571 bits per heavy atom. The predicted octanol–water partition coefficient (Wildman–Crippen LogP) is 8.34. The Kier molecular flexibility index (Phi) is 5.37. The fraction of sp³-hybridized carbons (Fsp3) is 0.0588. The van der Waals surface area contributed by atoms with Crippen molar-refractivity contribution >= 4 is 38.4 Å². The van der Waals surface area contributed by atoms with Crippen LogP contribution in [0.25, 0.3) is 38.4 Å². The molecular formula is C34H21F3O5. The summed E-state index contributed by atoms with van der Waals surface area (Å²) in [5.74, 6) is -2.32. The first-order chi connectivity index (χ1) is 20.1. The normalized spacial score (nSPS) is 14.3. The van der Waals surface area contributed by atoms with Crippen LogP contribution in [0.15, 0.2) is 97.1 Å². The van der Waals surface area contributed by atoms with Gasteiger partial charge in [0.2, 0.25) is 0 Å². The third kappa shape index (κ3) is 3.65. The van der Waals surface area contributed by atoms with E-state index in [1.54, 1.807) is 60.7 Å². The largest absolute Gasteiger partial charge is 0.504 e. The van der Waals surface area contributed by atoms with Crippen LogP contribution in [0.4, 0.5) is 13.2 Å². The molecule has 0 aromatic heterocycles. The molecule has 6 aromatic rings. The van der Waals surface area contributed by atoms with Gasteiger partial charge in [0.1, 0.15) is 5.75 Å². The van der Waals surface area contributed by atoms with Gasteiger partial charge >= 0.3 is 6.18 Å². The van der Waals surface area contributed by atoms with Crippen LogP contribution in [-0.2, 0) is 11.8 Å². The highest BCUT2D eigenvalue weighted by molar-refractivity contribution is 6.28. The maximum Gasteiger partial charge on any atom is 0.420 e. The van der Waals surface area contributed by atoms with E-state index in [0.717, 1.165) is 6.07 Å². The van der Waals surface area contributed by atoms with Crippen LogP contribution in [0.5, 0.6) is 28.7 Å². The summed E-state index contributed by atoms with van der Waals surface area (Å²) in [5.41, 5.74) is -1.05. The molecule has 6 aromatic carbocycles. The average molecular weight is 567 g/mol. The van der Waals surface area contributed by atoms with Gasteiger partial charge in [-0.25, -0.2) is 0 Å². The number of ether oxygens (including phenoxy) is 1. The number of fused-ring (bicyclic) bond motifs is 8. The minimum Gasteiger partial charge on any atom is -0.504 e. The van der Waals surface area contributed by atoms with E-state index in [9.17, 15) is 33.6 Å². The van der Waals surface area contributed by atoms with E-state index in [1.807, 2.05) is 12.1 Å². The van der Waals surface area contributed by atoms with Crippen LogP contribution in [0.1, 0.15) is 22.3 Å². The summed E-state index contributed by atoms with van der Waals surface area (Å²) in [5, 5.41) is 43.0. The summed E-state index contributed by atoms with van der Waals surface area (Å²) in [6.07, 6.45) is -1.53. The third-order valence-corrected chi connectivity index (χ3v) is 7.85. The van der Waals surface area contributed by atoms with Crippen LogP contribution in [0.2, 0.25) is 0 Å². The lowest BCUT2D eigenvalue weighted by atomic mass is 9.81. The van der Waals surface area contributed by atoms with E-state index in [0.29, 0.717) is 27.3 Å². The molecule has 5 nitrogen and oxygen atoms in total. The van der Waals surface area contributed by atoms with Crippen molar-refractivity contribution in [3.8, 4) is 28.7 Å². The van der Waals surface area contributed by atoms with Gasteiger partial charge in [-0.15, -0.1) is 0 Å². The number of benzene rings is 6. The number of rotatable bonds is 2. The van der Waals surface area contributed by atoms with E-state index in [4.69, 9.17) is 4.74 Å². The molecule has 0 unspecified atom stereocenters. The summed E-state index contributed by atoms with van der Waals surface area (Å²) in [6.45, 7) is 0. The molecule has 0 aliphatic carbocycles. The number of halogens is 3. The van der Waals surface area contributed by atoms with Gasteiger partial charge in [-0.2, -0.15) is 13.2 Å². The Balaban J connectivity index is 1.67. The monoisotopic (exact) mass is 566 g/mol. The van der Waals surface area contributed by atoms with Crippen molar-refractivity contribution in [1.82, 2.24) is 0 Å². The van der Waals surface area contributed by atoms with E-state index in [-0.39, 0.29) is 21.7 Å². The van der Waals surface area contributed by atoms with Crippen molar-refractivity contribution in [3.63, 3.8) is 0 Å². The molecule has 8 heteroatoms. The number of aromatic hydroxyl groups is 4. The van der Waals surface area contributed by atoms with Crippen molar-refractivity contribution in [1.29, 1.82) is 0 Å².